The van der Waals surface area contributed by atoms with Crippen LogP contribution in [-0.2, 0) is 11.0 Å². The monoisotopic (exact) mass is 444 g/mol. The van der Waals surface area contributed by atoms with E-state index in [1.54, 1.807) is 4.90 Å². The molecule has 32 heavy (non-hydrogen) atoms. The summed E-state index contributed by atoms with van der Waals surface area (Å²) in [6, 6.07) is 14.3. The second kappa shape index (κ2) is 8.96. The fraction of sp³-hybridized carbons (Fsp3) is 0.440. The highest BCUT2D eigenvalue weighted by Crippen LogP contribution is 2.47. The number of halogens is 3. The number of likely N-dealkylation sites (tertiary alicyclic amines) is 1. The predicted octanol–water partition coefficient (Wildman–Crippen LogP) is 5.07. The quantitative estimate of drug-likeness (QED) is 0.700. The van der Waals surface area contributed by atoms with Gasteiger partial charge in [-0.25, -0.2) is 0 Å². The lowest BCUT2D eigenvalue weighted by atomic mass is 9.93. The molecule has 7 heteroatoms. The summed E-state index contributed by atoms with van der Waals surface area (Å²) in [6.45, 7) is 3.01. The number of carbonyl (C=O) groups is 2. The van der Waals surface area contributed by atoms with Crippen LogP contribution in [0.25, 0.3) is 0 Å². The van der Waals surface area contributed by atoms with Gasteiger partial charge in [-0.3, -0.25) is 9.59 Å². The fourth-order valence-corrected chi connectivity index (χ4v) is 4.51. The molecule has 0 radical (unpaired) electrons. The molecule has 1 N–H and O–H groups in total. The summed E-state index contributed by atoms with van der Waals surface area (Å²) in [6.07, 6.45) is -2.25. The molecule has 2 aromatic carbocycles. The third kappa shape index (κ3) is 4.97. The molecule has 0 spiro atoms. The average molecular weight is 444 g/mol. The Morgan fingerprint density at radius 2 is 1.59 bits per heavy atom. The Balaban J connectivity index is 1.34. The van der Waals surface area contributed by atoms with E-state index < -0.39 is 11.7 Å². The summed E-state index contributed by atoms with van der Waals surface area (Å²) in [4.78, 5) is 27.3. The van der Waals surface area contributed by atoms with Gasteiger partial charge in [0.05, 0.1) is 11.6 Å². The third-order valence-corrected chi connectivity index (χ3v) is 6.67. The smallest absolute Gasteiger partial charge is 0.349 e. The molecule has 170 valence electrons. The van der Waals surface area contributed by atoms with Crippen molar-refractivity contribution in [2.24, 2.45) is 17.8 Å². The van der Waals surface area contributed by atoms with Crippen molar-refractivity contribution in [3.05, 3.63) is 71.3 Å². The van der Waals surface area contributed by atoms with Gasteiger partial charge < -0.3 is 10.2 Å². The minimum Gasteiger partial charge on any atom is -0.349 e. The maximum atomic E-state index is 13.0. The molecule has 2 aromatic rings. The van der Waals surface area contributed by atoms with E-state index in [0.29, 0.717) is 37.8 Å². The standard InChI is InChI=1S/C25H27F3N2O2/c1-16-15-21(16)22(17-5-3-2-4-6-17)29-23(31)18-11-13-30(14-12-18)24(32)19-7-9-20(10-8-19)25(26,27)28/h2-10,16,18,21-22H,11-15H2,1H3,(H,29,31). The summed E-state index contributed by atoms with van der Waals surface area (Å²) in [5.74, 6) is 0.574. The number of nitrogens with one attached hydrogen (secondary N) is 1. The Labute approximate surface area is 185 Å². The van der Waals surface area contributed by atoms with E-state index in [-0.39, 0.29) is 29.3 Å². The summed E-state index contributed by atoms with van der Waals surface area (Å²) >= 11 is 0. The van der Waals surface area contributed by atoms with Crippen molar-refractivity contribution in [3.8, 4) is 0 Å². The van der Waals surface area contributed by atoms with Crippen LogP contribution >= 0.6 is 0 Å². The minimum atomic E-state index is -4.43. The first-order valence-electron chi connectivity index (χ1n) is 11.1. The molecule has 0 aromatic heterocycles. The number of amides is 2. The lowest BCUT2D eigenvalue weighted by Gasteiger charge is -2.32. The number of alkyl halides is 3. The lowest BCUT2D eigenvalue weighted by Crippen LogP contribution is -2.44. The maximum Gasteiger partial charge on any atom is 0.416 e. The maximum absolute atomic E-state index is 13.0. The van der Waals surface area contributed by atoms with Gasteiger partial charge >= 0.3 is 6.18 Å². The first-order valence-corrected chi connectivity index (χ1v) is 11.1. The highest BCUT2D eigenvalue weighted by molar-refractivity contribution is 5.94. The number of hydrogen-bond donors (Lipinski definition) is 1. The molecule has 1 aliphatic heterocycles. The topological polar surface area (TPSA) is 49.4 Å². The van der Waals surface area contributed by atoms with Gasteiger partial charge in [0.1, 0.15) is 0 Å². The Morgan fingerprint density at radius 3 is 2.12 bits per heavy atom. The first-order chi connectivity index (χ1) is 15.2. The SMILES string of the molecule is CC1CC1C(NC(=O)C1CCN(C(=O)c2ccc(C(F)(F)F)cc2)CC1)c1ccccc1. The Kier molecular flexibility index (Phi) is 6.26. The summed E-state index contributed by atoms with van der Waals surface area (Å²) in [7, 11) is 0. The molecule has 2 aliphatic rings. The van der Waals surface area contributed by atoms with Crippen LogP contribution in [0.15, 0.2) is 54.6 Å². The van der Waals surface area contributed by atoms with Crippen LogP contribution in [-0.4, -0.2) is 29.8 Å². The number of carbonyl (C=O) groups excluding carboxylic acids is 2. The molecule has 4 rings (SSSR count). The van der Waals surface area contributed by atoms with Crippen LogP contribution in [0.5, 0.6) is 0 Å². The second-order valence-electron chi connectivity index (χ2n) is 8.92. The molecule has 3 atom stereocenters. The van der Waals surface area contributed by atoms with Crippen molar-refractivity contribution in [2.75, 3.05) is 13.1 Å². The molecule has 1 saturated heterocycles. The van der Waals surface area contributed by atoms with Crippen molar-refractivity contribution in [1.29, 1.82) is 0 Å². The molecule has 0 bridgehead atoms. The van der Waals surface area contributed by atoms with E-state index in [0.717, 1.165) is 24.1 Å². The number of rotatable bonds is 5. The van der Waals surface area contributed by atoms with E-state index in [1.165, 1.54) is 12.1 Å². The molecule has 3 unspecified atom stereocenters. The van der Waals surface area contributed by atoms with Crippen LogP contribution in [0.2, 0.25) is 0 Å². The van der Waals surface area contributed by atoms with Crippen LogP contribution < -0.4 is 5.32 Å². The lowest BCUT2D eigenvalue weighted by molar-refractivity contribution is -0.137. The molecular weight excluding hydrogens is 417 g/mol. The molecular formula is C25H27F3N2O2. The van der Waals surface area contributed by atoms with E-state index >= 15 is 0 Å². The van der Waals surface area contributed by atoms with Gasteiger partial charge in [0, 0.05) is 24.6 Å². The van der Waals surface area contributed by atoms with E-state index in [4.69, 9.17) is 0 Å². The van der Waals surface area contributed by atoms with E-state index in [2.05, 4.69) is 12.2 Å². The van der Waals surface area contributed by atoms with Crippen LogP contribution in [0.1, 0.15) is 53.7 Å². The molecule has 1 saturated carbocycles. The average Bonchev–Trinajstić information content (AvgIpc) is 3.53. The van der Waals surface area contributed by atoms with Crippen molar-refractivity contribution in [3.63, 3.8) is 0 Å². The van der Waals surface area contributed by atoms with Gasteiger partial charge in [0.25, 0.3) is 5.91 Å². The van der Waals surface area contributed by atoms with Gasteiger partial charge in [-0.15, -0.1) is 0 Å². The third-order valence-electron chi connectivity index (χ3n) is 6.67. The molecule has 2 amide bonds. The zero-order valence-electron chi connectivity index (χ0n) is 17.9. The van der Waals surface area contributed by atoms with Crippen molar-refractivity contribution < 1.29 is 22.8 Å². The van der Waals surface area contributed by atoms with Crippen molar-refractivity contribution >= 4 is 11.8 Å². The predicted molar refractivity (Wildman–Crippen MR) is 115 cm³/mol. The highest BCUT2D eigenvalue weighted by atomic mass is 19.4. The Bertz CT molecular complexity index is 951. The normalized spacial score (nSPS) is 22.3. The largest absolute Gasteiger partial charge is 0.416 e. The first kappa shape index (κ1) is 22.4. The van der Waals surface area contributed by atoms with Gasteiger partial charge in [-0.2, -0.15) is 13.2 Å². The van der Waals surface area contributed by atoms with Crippen LogP contribution in [0.3, 0.4) is 0 Å². The number of piperidine rings is 1. The number of hydrogen-bond acceptors (Lipinski definition) is 2. The molecule has 4 nitrogen and oxygen atoms in total. The second-order valence-corrected chi connectivity index (χ2v) is 8.92. The zero-order chi connectivity index (χ0) is 22.9. The Morgan fingerprint density at radius 1 is 1.00 bits per heavy atom. The summed E-state index contributed by atoms with van der Waals surface area (Å²) in [5.41, 5.74) is 0.570. The fourth-order valence-electron chi connectivity index (χ4n) is 4.51. The summed E-state index contributed by atoms with van der Waals surface area (Å²) < 4.78 is 38.2. The molecule has 1 heterocycles. The Hall–Kier alpha value is -2.83. The van der Waals surface area contributed by atoms with Gasteiger partial charge in [-0.1, -0.05) is 37.3 Å². The van der Waals surface area contributed by atoms with Gasteiger partial charge in [0.15, 0.2) is 0 Å². The van der Waals surface area contributed by atoms with Crippen molar-refractivity contribution in [2.45, 2.75) is 38.4 Å². The molecule has 2 fully saturated rings. The van der Waals surface area contributed by atoms with Crippen molar-refractivity contribution in [1.82, 2.24) is 10.2 Å². The van der Waals surface area contributed by atoms with Crippen LogP contribution in [0, 0.1) is 17.8 Å². The van der Waals surface area contributed by atoms with Gasteiger partial charge in [0.2, 0.25) is 5.91 Å². The summed E-state index contributed by atoms with van der Waals surface area (Å²) in [5, 5.41) is 3.24. The minimum absolute atomic E-state index is 0.00510. The molecule has 1 aliphatic carbocycles. The van der Waals surface area contributed by atoms with Gasteiger partial charge in [-0.05, 0) is 60.9 Å². The highest BCUT2D eigenvalue weighted by Gasteiger charge is 2.41. The van der Waals surface area contributed by atoms with E-state index in [9.17, 15) is 22.8 Å². The van der Waals surface area contributed by atoms with E-state index in [1.807, 2.05) is 30.3 Å². The number of nitrogens with zero attached hydrogens (tertiary/aromatic N) is 1. The number of benzene rings is 2. The zero-order valence-corrected chi connectivity index (χ0v) is 17.9. The van der Waals surface area contributed by atoms with Crippen LogP contribution in [0.4, 0.5) is 13.2 Å².